The Kier molecular flexibility index (Phi) is 2.43. The molecule has 0 aliphatic heterocycles. The highest BCUT2D eigenvalue weighted by Gasteiger charge is 2.16. The van der Waals surface area contributed by atoms with Crippen molar-refractivity contribution in [3.05, 3.63) is 18.7 Å². The SMILES string of the molecule is CCN(CC)c1nc2nccn2c2c1ncn2C. The summed E-state index contributed by atoms with van der Waals surface area (Å²) in [7, 11) is 1.99. The van der Waals surface area contributed by atoms with Crippen molar-refractivity contribution in [1.82, 2.24) is 23.9 Å². The van der Waals surface area contributed by atoms with Gasteiger partial charge in [0.15, 0.2) is 11.5 Å². The van der Waals surface area contributed by atoms with Crippen LogP contribution in [-0.2, 0) is 7.05 Å². The number of fused-ring (bicyclic) bond motifs is 3. The molecule has 3 aromatic heterocycles. The molecule has 6 nitrogen and oxygen atoms in total. The number of nitrogens with zero attached hydrogens (tertiary/aromatic N) is 6. The molecule has 0 saturated heterocycles. The van der Waals surface area contributed by atoms with Gasteiger partial charge < -0.3 is 9.47 Å². The smallest absolute Gasteiger partial charge is 0.237 e. The molecule has 6 heteroatoms. The third-order valence-electron chi connectivity index (χ3n) is 3.24. The molecule has 0 aliphatic rings. The van der Waals surface area contributed by atoms with E-state index in [2.05, 4.69) is 33.7 Å². The fraction of sp³-hybridized carbons (Fsp3) is 0.417. The molecule has 94 valence electrons. The topological polar surface area (TPSA) is 51.3 Å². The third-order valence-corrected chi connectivity index (χ3v) is 3.24. The molecular weight excluding hydrogens is 228 g/mol. The Morgan fingerprint density at radius 2 is 2.00 bits per heavy atom. The Hall–Kier alpha value is -2.11. The summed E-state index contributed by atoms with van der Waals surface area (Å²) in [6, 6.07) is 0. The lowest BCUT2D eigenvalue weighted by Crippen LogP contribution is -2.23. The molecule has 0 N–H and O–H groups in total. The molecule has 3 heterocycles. The number of hydrogen-bond acceptors (Lipinski definition) is 4. The summed E-state index contributed by atoms with van der Waals surface area (Å²) >= 11 is 0. The molecule has 0 aliphatic carbocycles. The summed E-state index contributed by atoms with van der Waals surface area (Å²) < 4.78 is 3.97. The standard InChI is InChI=1S/C12H16N6/c1-4-17(5-2)10-9-11(16(3)8-14-9)18-7-6-13-12(18)15-10/h6-8H,4-5H2,1-3H3. The second-order valence-corrected chi connectivity index (χ2v) is 4.23. The maximum Gasteiger partial charge on any atom is 0.237 e. The summed E-state index contributed by atoms with van der Waals surface area (Å²) in [6.07, 6.45) is 5.50. The van der Waals surface area contributed by atoms with E-state index in [1.54, 1.807) is 6.20 Å². The quantitative estimate of drug-likeness (QED) is 0.700. The van der Waals surface area contributed by atoms with Crippen LogP contribution in [0.2, 0.25) is 0 Å². The van der Waals surface area contributed by atoms with Gasteiger partial charge in [0.2, 0.25) is 5.78 Å². The normalized spacial score (nSPS) is 11.5. The Labute approximate surface area is 105 Å². The van der Waals surface area contributed by atoms with E-state index in [1.807, 2.05) is 28.5 Å². The number of aryl methyl sites for hydroxylation is 1. The molecule has 3 aromatic rings. The number of imidazole rings is 2. The minimum absolute atomic E-state index is 0.716. The van der Waals surface area contributed by atoms with Crippen molar-refractivity contribution in [2.75, 3.05) is 18.0 Å². The molecular formula is C12H16N6. The Morgan fingerprint density at radius 3 is 2.72 bits per heavy atom. The van der Waals surface area contributed by atoms with Crippen LogP contribution < -0.4 is 4.90 Å². The molecule has 0 amide bonds. The second-order valence-electron chi connectivity index (χ2n) is 4.23. The Balaban J connectivity index is 2.41. The van der Waals surface area contributed by atoms with Crippen LogP contribution >= 0.6 is 0 Å². The molecule has 0 spiro atoms. The van der Waals surface area contributed by atoms with Crippen molar-refractivity contribution in [1.29, 1.82) is 0 Å². The first-order valence-corrected chi connectivity index (χ1v) is 6.15. The van der Waals surface area contributed by atoms with E-state index in [0.717, 1.165) is 30.1 Å². The highest BCUT2D eigenvalue weighted by atomic mass is 15.3. The van der Waals surface area contributed by atoms with Crippen molar-refractivity contribution >= 4 is 22.8 Å². The number of hydrogen-bond donors (Lipinski definition) is 0. The van der Waals surface area contributed by atoms with E-state index in [0.29, 0.717) is 5.78 Å². The van der Waals surface area contributed by atoms with Crippen LogP contribution in [0.25, 0.3) is 16.9 Å². The Bertz CT molecular complexity index is 691. The zero-order chi connectivity index (χ0) is 12.7. The summed E-state index contributed by atoms with van der Waals surface area (Å²) in [6.45, 7) is 6.06. The summed E-state index contributed by atoms with van der Waals surface area (Å²) in [5.41, 5.74) is 1.95. The van der Waals surface area contributed by atoms with Crippen LogP contribution in [0.1, 0.15) is 13.8 Å². The van der Waals surface area contributed by atoms with Gasteiger partial charge in [-0.15, -0.1) is 0 Å². The van der Waals surface area contributed by atoms with Crippen LogP contribution in [0.4, 0.5) is 5.82 Å². The molecule has 0 aromatic carbocycles. The molecule has 0 unspecified atom stereocenters. The van der Waals surface area contributed by atoms with Crippen molar-refractivity contribution in [2.24, 2.45) is 7.05 Å². The summed E-state index contributed by atoms with van der Waals surface area (Å²) in [4.78, 5) is 15.6. The molecule has 0 fully saturated rings. The third kappa shape index (κ3) is 1.38. The molecule has 18 heavy (non-hydrogen) atoms. The van der Waals surface area contributed by atoms with Crippen molar-refractivity contribution < 1.29 is 0 Å². The fourth-order valence-corrected chi connectivity index (χ4v) is 2.30. The summed E-state index contributed by atoms with van der Waals surface area (Å²) in [5.74, 6) is 1.63. The number of anilines is 1. The molecule has 0 saturated carbocycles. The minimum atomic E-state index is 0.716. The van der Waals surface area contributed by atoms with E-state index in [4.69, 9.17) is 0 Å². The predicted octanol–water partition coefficient (Wildman–Crippen LogP) is 1.46. The monoisotopic (exact) mass is 244 g/mol. The lowest BCUT2D eigenvalue weighted by molar-refractivity contribution is 0.847. The Morgan fingerprint density at radius 1 is 1.22 bits per heavy atom. The van der Waals surface area contributed by atoms with Gasteiger partial charge in [0.1, 0.15) is 5.52 Å². The average Bonchev–Trinajstić information content (AvgIpc) is 2.97. The fourth-order valence-electron chi connectivity index (χ4n) is 2.30. The highest BCUT2D eigenvalue weighted by molar-refractivity contribution is 5.86. The van der Waals surface area contributed by atoms with E-state index in [-0.39, 0.29) is 0 Å². The maximum atomic E-state index is 4.62. The van der Waals surface area contributed by atoms with Gasteiger partial charge in [-0.1, -0.05) is 0 Å². The van der Waals surface area contributed by atoms with Gasteiger partial charge in [0, 0.05) is 32.5 Å². The van der Waals surface area contributed by atoms with E-state index in [1.165, 1.54) is 0 Å². The lowest BCUT2D eigenvalue weighted by Gasteiger charge is -2.20. The summed E-state index contributed by atoms with van der Waals surface area (Å²) in [5, 5.41) is 0. The van der Waals surface area contributed by atoms with E-state index in [9.17, 15) is 0 Å². The highest BCUT2D eigenvalue weighted by Crippen LogP contribution is 2.24. The number of rotatable bonds is 3. The molecule has 0 bridgehead atoms. The molecule has 0 atom stereocenters. The van der Waals surface area contributed by atoms with Gasteiger partial charge in [0.25, 0.3) is 0 Å². The van der Waals surface area contributed by atoms with Crippen LogP contribution in [0, 0.1) is 0 Å². The largest absolute Gasteiger partial charge is 0.355 e. The van der Waals surface area contributed by atoms with E-state index >= 15 is 0 Å². The van der Waals surface area contributed by atoms with Crippen molar-refractivity contribution in [2.45, 2.75) is 13.8 Å². The maximum absolute atomic E-state index is 4.62. The van der Waals surface area contributed by atoms with Crippen LogP contribution in [-0.4, -0.2) is 37.0 Å². The second kappa shape index (κ2) is 3.97. The van der Waals surface area contributed by atoms with Crippen molar-refractivity contribution in [3.8, 4) is 0 Å². The van der Waals surface area contributed by atoms with Gasteiger partial charge in [-0.25, -0.2) is 9.97 Å². The lowest BCUT2D eigenvalue weighted by atomic mass is 10.4. The first kappa shape index (κ1) is 11.0. The number of aromatic nitrogens is 5. The molecule has 3 rings (SSSR count). The first-order chi connectivity index (χ1) is 8.76. The zero-order valence-corrected chi connectivity index (χ0v) is 10.8. The average molecular weight is 244 g/mol. The van der Waals surface area contributed by atoms with Crippen molar-refractivity contribution in [3.63, 3.8) is 0 Å². The van der Waals surface area contributed by atoms with Gasteiger partial charge in [0.05, 0.1) is 6.33 Å². The van der Waals surface area contributed by atoms with Crippen LogP contribution in [0.15, 0.2) is 18.7 Å². The van der Waals surface area contributed by atoms with Gasteiger partial charge in [-0.2, -0.15) is 4.98 Å². The van der Waals surface area contributed by atoms with Gasteiger partial charge in [-0.05, 0) is 13.8 Å². The van der Waals surface area contributed by atoms with Gasteiger partial charge in [-0.3, -0.25) is 4.40 Å². The zero-order valence-electron chi connectivity index (χ0n) is 10.8. The predicted molar refractivity (Wildman–Crippen MR) is 70.8 cm³/mol. The first-order valence-electron chi connectivity index (χ1n) is 6.15. The van der Waals surface area contributed by atoms with Crippen LogP contribution in [0.3, 0.4) is 0 Å². The minimum Gasteiger partial charge on any atom is -0.355 e. The molecule has 0 radical (unpaired) electrons. The van der Waals surface area contributed by atoms with Crippen LogP contribution in [0.5, 0.6) is 0 Å². The van der Waals surface area contributed by atoms with Gasteiger partial charge >= 0.3 is 0 Å². The van der Waals surface area contributed by atoms with E-state index < -0.39 is 0 Å².